The molecule has 0 fully saturated rings. The molecule has 10 heavy (non-hydrogen) atoms. The lowest BCUT2D eigenvalue weighted by atomic mass is 9.87. The summed E-state index contributed by atoms with van der Waals surface area (Å²) in [6.07, 6.45) is 1.68. The monoisotopic (exact) mass is 158 g/mol. The first-order valence-electron chi connectivity index (χ1n) is 3.39. The SMILES string of the molecule is C=CC(Cl)=C(C)C(C)(C)C. The summed E-state index contributed by atoms with van der Waals surface area (Å²) in [5, 5.41) is 0.771. The van der Waals surface area contributed by atoms with Gasteiger partial charge in [0.2, 0.25) is 0 Å². The zero-order valence-electron chi connectivity index (χ0n) is 7.16. The minimum Gasteiger partial charge on any atom is -0.0976 e. The summed E-state index contributed by atoms with van der Waals surface area (Å²) in [4.78, 5) is 0. The Kier molecular flexibility index (Phi) is 3.17. The van der Waals surface area contributed by atoms with Gasteiger partial charge in [-0.3, -0.25) is 0 Å². The Bertz CT molecular complexity index is 158. The molecular formula is C9H15Cl. The molecule has 0 unspecified atom stereocenters. The van der Waals surface area contributed by atoms with E-state index in [2.05, 4.69) is 27.4 Å². The van der Waals surface area contributed by atoms with Gasteiger partial charge >= 0.3 is 0 Å². The Morgan fingerprint density at radius 2 is 1.80 bits per heavy atom. The number of rotatable bonds is 1. The molecule has 0 N–H and O–H groups in total. The number of halogens is 1. The summed E-state index contributed by atoms with van der Waals surface area (Å²) >= 11 is 5.86. The largest absolute Gasteiger partial charge is 0.0976 e. The van der Waals surface area contributed by atoms with Gasteiger partial charge in [0.1, 0.15) is 0 Å². The van der Waals surface area contributed by atoms with Crippen molar-refractivity contribution in [3.63, 3.8) is 0 Å². The molecule has 0 aromatic carbocycles. The van der Waals surface area contributed by atoms with Gasteiger partial charge in [0.15, 0.2) is 0 Å². The molecule has 0 rings (SSSR count). The smallest absolute Gasteiger partial charge is 0.0394 e. The quantitative estimate of drug-likeness (QED) is 0.511. The highest BCUT2D eigenvalue weighted by molar-refractivity contribution is 6.31. The second-order valence-electron chi connectivity index (χ2n) is 3.43. The van der Waals surface area contributed by atoms with E-state index in [9.17, 15) is 0 Å². The zero-order chi connectivity index (χ0) is 8.36. The molecule has 0 aliphatic rings. The van der Waals surface area contributed by atoms with Gasteiger partial charge < -0.3 is 0 Å². The summed E-state index contributed by atoms with van der Waals surface area (Å²) in [6, 6.07) is 0. The van der Waals surface area contributed by atoms with Gasteiger partial charge in [-0.25, -0.2) is 0 Å². The lowest BCUT2D eigenvalue weighted by molar-refractivity contribution is 0.503. The van der Waals surface area contributed by atoms with Crippen LogP contribution in [0.25, 0.3) is 0 Å². The molecule has 0 aliphatic carbocycles. The van der Waals surface area contributed by atoms with Crippen LogP contribution in [0, 0.1) is 5.41 Å². The van der Waals surface area contributed by atoms with Crippen LogP contribution in [0.5, 0.6) is 0 Å². The van der Waals surface area contributed by atoms with Crippen molar-refractivity contribution in [2.24, 2.45) is 5.41 Å². The fraction of sp³-hybridized carbons (Fsp3) is 0.556. The first kappa shape index (κ1) is 9.77. The molecule has 0 atom stereocenters. The lowest BCUT2D eigenvalue weighted by Gasteiger charge is -2.20. The Morgan fingerprint density at radius 1 is 1.40 bits per heavy atom. The van der Waals surface area contributed by atoms with E-state index in [1.807, 2.05) is 6.92 Å². The van der Waals surface area contributed by atoms with Crippen molar-refractivity contribution in [2.75, 3.05) is 0 Å². The van der Waals surface area contributed by atoms with Gasteiger partial charge in [0, 0.05) is 5.03 Å². The Morgan fingerprint density at radius 3 is 1.90 bits per heavy atom. The summed E-state index contributed by atoms with van der Waals surface area (Å²) in [5.74, 6) is 0. The maximum atomic E-state index is 5.86. The molecule has 0 heterocycles. The van der Waals surface area contributed by atoms with Gasteiger partial charge in [-0.15, -0.1) is 0 Å². The van der Waals surface area contributed by atoms with Crippen molar-refractivity contribution in [3.8, 4) is 0 Å². The molecule has 0 radical (unpaired) electrons. The molecular weight excluding hydrogens is 144 g/mol. The van der Waals surface area contributed by atoms with Crippen LogP contribution in [0.15, 0.2) is 23.3 Å². The van der Waals surface area contributed by atoms with E-state index in [-0.39, 0.29) is 5.41 Å². The van der Waals surface area contributed by atoms with Crippen molar-refractivity contribution < 1.29 is 0 Å². The van der Waals surface area contributed by atoms with E-state index in [1.54, 1.807) is 6.08 Å². The standard InChI is InChI=1S/C9H15Cl/c1-6-8(10)7(2)9(3,4)5/h6H,1H2,2-5H3. The van der Waals surface area contributed by atoms with E-state index < -0.39 is 0 Å². The van der Waals surface area contributed by atoms with Crippen molar-refractivity contribution in [3.05, 3.63) is 23.3 Å². The predicted octanol–water partition coefficient (Wildman–Crippen LogP) is 3.73. The molecule has 0 nitrogen and oxygen atoms in total. The van der Waals surface area contributed by atoms with E-state index in [0.29, 0.717) is 0 Å². The van der Waals surface area contributed by atoms with Crippen LogP contribution in [-0.4, -0.2) is 0 Å². The van der Waals surface area contributed by atoms with Crippen LogP contribution in [-0.2, 0) is 0 Å². The number of allylic oxidation sites excluding steroid dienone is 3. The molecule has 0 aliphatic heterocycles. The van der Waals surface area contributed by atoms with Crippen LogP contribution >= 0.6 is 11.6 Å². The second-order valence-corrected chi connectivity index (χ2v) is 3.83. The molecule has 0 amide bonds. The van der Waals surface area contributed by atoms with E-state index in [4.69, 9.17) is 11.6 Å². The van der Waals surface area contributed by atoms with Gasteiger partial charge in [0.25, 0.3) is 0 Å². The van der Waals surface area contributed by atoms with Crippen LogP contribution < -0.4 is 0 Å². The van der Waals surface area contributed by atoms with Crippen LogP contribution in [0.1, 0.15) is 27.7 Å². The number of hydrogen-bond donors (Lipinski definition) is 0. The Hall–Kier alpha value is -0.230. The molecule has 0 aromatic rings. The van der Waals surface area contributed by atoms with Crippen LogP contribution in [0.3, 0.4) is 0 Å². The topological polar surface area (TPSA) is 0 Å². The van der Waals surface area contributed by atoms with Gasteiger partial charge in [-0.1, -0.05) is 45.0 Å². The highest BCUT2D eigenvalue weighted by Gasteiger charge is 2.14. The molecule has 0 saturated heterocycles. The predicted molar refractivity (Wildman–Crippen MR) is 48.2 cm³/mol. The van der Waals surface area contributed by atoms with E-state index in [0.717, 1.165) is 5.03 Å². The molecule has 1 heteroatoms. The average molecular weight is 159 g/mol. The van der Waals surface area contributed by atoms with Crippen molar-refractivity contribution in [2.45, 2.75) is 27.7 Å². The lowest BCUT2D eigenvalue weighted by Crippen LogP contribution is -2.07. The van der Waals surface area contributed by atoms with Crippen molar-refractivity contribution in [1.82, 2.24) is 0 Å². The first-order chi connectivity index (χ1) is 4.39. The van der Waals surface area contributed by atoms with E-state index >= 15 is 0 Å². The highest BCUT2D eigenvalue weighted by Crippen LogP contribution is 2.29. The van der Waals surface area contributed by atoms with Gasteiger partial charge in [-0.05, 0) is 17.9 Å². The fourth-order valence-corrected chi connectivity index (χ4v) is 0.795. The van der Waals surface area contributed by atoms with E-state index in [1.165, 1.54) is 5.57 Å². The van der Waals surface area contributed by atoms with Gasteiger partial charge in [-0.2, -0.15) is 0 Å². The first-order valence-corrected chi connectivity index (χ1v) is 3.76. The third-order valence-electron chi connectivity index (χ3n) is 1.66. The van der Waals surface area contributed by atoms with Crippen molar-refractivity contribution in [1.29, 1.82) is 0 Å². The fourth-order valence-electron chi connectivity index (χ4n) is 0.511. The Balaban J connectivity index is 4.63. The summed E-state index contributed by atoms with van der Waals surface area (Å²) in [7, 11) is 0. The third kappa shape index (κ3) is 2.57. The molecule has 0 bridgehead atoms. The minimum atomic E-state index is 0.158. The average Bonchev–Trinajstić information content (AvgIpc) is 1.83. The normalized spacial score (nSPS) is 14.5. The molecule has 0 saturated carbocycles. The molecule has 0 aromatic heterocycles. The van der Waals surface area contributed by atoms with Gasteiger partial charge in [0.05, 0.1) is 0 Å². The Labute approximate surface area is 68.6 Å². The summed E-state index contributed by atoms with van der Waals surface area (Å²) in [5.41, 5.74) is 1.34. The minimum absolute atomic E-state index is 0.158. The maximum absolute atomic E-state index is 5.86. The van der Waals surface area contributed by atoms with Crippen LogP contribution in [0.4, 0.5) is 0 Å². The highest BCUT2D eigenvalue weighted by atomic mass is 35.5. The summed E-state index contributed by atoms with van der Waals surface area (Å²) in [6.45, 7) is 12.0. The van der Waals surface area contributed by atoms with Crippen LogP contribution in [0.2, 0.25) is 0 Å². The van der Waals surface area contributed by atoms with Crippen molar-refractivity contribution >= 4 is 11.6 Å². The second kappa shape index (κ2) is 3.25. The zero-order valence-corrected chi connectivity index (χ0v) is 7.92. The molecule has 58 valence electrons. The third-order valence-corrected chi connectivity index (χ3v) is 2.10. The molecule has 0 spiro atoms. The maximum Gasteiger partial charge on any atom is 0.0394 e. The summed E-state index contributed by atoms with van der Waals surface area (Å²) < 4.78 is 0. The number of hydrogen-bond acceptors (Lipinski definition) is 0.